The molecule has 0 saturated carbocycles. The number of methoxy groups -OCH3 is 1. The average molecular weight is 306 g/mol. The normalized spacial score (nSPS) is 10.3. The molecule has 0 saturated heterocycles. The van der Waals surface area contributed by atoms with Gasteiger partial charge in [0.25, 0.3) is 0 Å². The number of esters is 1. The summed E-state index contributed by atoms with van der Waals surface area (Å²) in [5.41, 5.74) is 2.90. The zero-order valence-electron chi connectivity index (χ0n) is 12.4. The number of benzene rings is 2. The number of carbonyl (C=O) groups excluding carboxylic acids is 2. The largest absolute Gasteiger partial charge is 0.465 e. The van der Waals surface area contributed by atoms with Crippen molar-refractivity contribution in [2.45, 2.75) is 0 Å². The van der Waals surface area contributed by atoms with Crippen LogP contribution in [-0.2, 0) is 4.74 Å². The third-order valence-corrected chi connectivity index (χ3v) is 3.52. The molecule has 23 heavy (non-hydrogen) atoms. The van der Waals surface area contributed by atoms with E-state index in [1.54, 1.807) is 36.4 Å². The van der Waals surface area contributed by atoms with Crippen LogP contribution in [0.4, 0.5) is 0 Å². The second-order valence-corrected chi connectivity index (χ2v) is 4.92. The molecule has 1 heterocycles. The fourth-order valence-corrected chi connectivity index (χ4v) is 2.32. The lowest BCUT2D eigenvalue weighted by atomic mass is 10.0. The highest BCUT2D eigenvalue weighted by Crippen LogP contribution is 2.23. The maximum atomic E-state index is 12.4. The summed E-state index contributed by atoms with van der Waals surface area (Å²) in [4.78, 5) is 24.1. The number of aromatic amines is 1. The molecule has 0 aliphatic rings. The lowest BCUT2D eigenvalue weighted by Gasteiger charge is -2.04. The van der Waals surface area contributed by atoms with E-state index < -0.39 is 5.97 Å². The van der Waals surface area contributed by atoms with Gasteiger partial charge in [0.05, 0.1) is 19.0 Å². The monoisotopic (exact) mass is 306 g/mol. The van der Waals surface area contributed by atoms with Crippen LogP contribution in [-0.4, -0.2) is 29.1 Å². The number of hydrogen-bond donors (Lipinski definition) is 1. The van der Waals surface area contributed by atoms with Gasteiger partial charge in [-0.25, -0.2) is 4.79 Å². The van der Waals surface area contributed by atoms with Crippen molar-refractivity contribution in [2.75, 3.05) is 7.11 Å². The van der Waals surface area contributed by atoms with Crippen LogP contribution >= 0.6 is 0 Å². The van der Waals surface area contributed by atoms with E-state index in [0.29, 0.717) is 22.4 Å². The fourth-order valence-electron chi connectivity index (χ4n) is 2.32. The van der Waals surface area contributed by atoms with Gasteiger partial charge in [-0.15, -0.1) is 0 Å². The van der Waals surface area contributed by atoms with E-state index >= 15 is 0 Å². The Balaban J connectivity index is 1.90. The lowest BCUT2D eigenvalue weighted by molar-refractivity contribution is 0.0601. The molecule has 114 valence electrons. The topological polar surface area (TPSA) is 72.0 Å². The van der Waals surface area contributed by atoms with Crippen LogP contribution in [0.25, 0.3) is 11.3 Å². The smallest absolute Gasteiger partial charge is 0.341 e. The molecular weight excluding hydrogens is 292 g/mol. The van der Waals surface area contributed by atoms with Crippen LogP contribution in [0, 0.1) is 0 Å². The van der Waals surface area contributed by atoms with Crippen molar-refractivity contribution in [3.8, 4) is 11.3 Å². The standard InChI is InChI=1S/C18H14N2O3/c1-23-18(22)15-11-19-20-16(15)12-7-9-14(10-8-12)17(21)13-5-3-2-4-6-13/h2-11H,1H3,(H,19,20). The average Bonchev–Trinajstić information content (AvgIpc) is 3.11. The van der Waals surface area contributed by atoms with Crippen LogP contribution < -0.4 is 0 Å². The van der Waals surface area contributed by atoms with E-state index in [-0.39, 0.29) is 5.78 Å². The highest BCUT2D eigenvalue weighted by Gasteiger charge is 2.16. The van der Waals surface area contributed by atoms with E-state index in [1.165, 1.54) is 13.3 Å². The first-order valence-corrected chi connectivity index (χ1v) is 7.02. The quantitative estimate of drug-likeness (QED) is 0.594. The van der Waals surface area contributed by atoms with Gasteiger partial charge in [0.15, 0.2) is 5.78 Å². The molecule has 0 aliphatic heterocycles. The number of carbonyl (C=O) groups is 2. The van der Waals surface area contributed by atoms with Gasteiger partial charge in [-0.1, -0.05) is 54.6 Å². The Hall–Kier alpha value is -3.21. The third-order valence-electron chi connectivity index (χ3n) is 3.52. The predicted molar refractivity (Wildman–Crippen MR) is 85.2 cm³/mol. The minimum atomic E-state index is -0.460. The maximum Gasteiger partial charge on any atom is 0.341 e. The van der Waals surface area contributed by atoms with E-state index in [9.17, 15) is 9.59 Å². The van der Waals surface area contributed by atoms with Gasteiger partial charge in [0.2, 0.25) is 0 Å². The highest BCUT2D eigenvalue weighted by molar-refractivity contribution is 6.09. The number of H-pyrrole nitrogens is 1. The Kier molecular flexibility index (Phi) is 4.01. The highest BCUT2D eigenvalue weighted by atomic mass is 16.5. The fraction of sp³-hybridized carbons (Fsp3) is 0.0556. The zero-order valence-corrected chi connectivity index (χ0v) is 12.4. The second-order valence-electron chi connectivity index (χ2n) is 4.92. The molecule has 0 aliphatic carbocycles. The first-order chi connectivity index (χ1) is 11.2. The number of aromatic nitrogens is 2. The summed E-state index contributed by atoms with van der Waals surface area (Å²) in [5, 5.41) is 6.66. The molecule has 3 aromatic rings. The van der Waals surface area contributed by atoms with Crippen molar-refractivity contribution in [2.24, 2.45) is 0 Å². The summed E-state index contributed by atoms with van der Waals surface area (Å²) in [5.74, 6) is -0.506. The Labute approximate surface area is 132 Å². The van der Waals surface area contributed by atoms with Crippen molar-refractivity contribution >= 4 is 11.8 Å². The van der Waals surface area contributed by atoms with Gasteiger partial charge in [0.1, 0.15) is 5.56 Å². The number of ketones is 1. The van der Waals surface area contributed by atoms with Gasteiger partial charge >= 0.3 is 5.97 Å². The Morgan fingerprint density at radius 2 is 1.61 bits per heavy atom. The van der Waals surface area contributed by atoms with Crippen molar-refractivity contribution in [3.05, 3.63) is 77.5 Å². The van der Waals surface area contributed by atoms with Crippen LogP contribution in [0.1, 0.15) is 26.3 Å². The number of ether oxygens (including phenoxy) is 1. The molecule has 1 N–H and O–H groups in total. The summed E-state index contributed by atoms with van der Waals surface area (Å²) in [6.07, 6.45) is 1.42. The number of nitrogens with one attached hydrogen (secondary N) is 1. The number of nitrogens with zero attached hydrogens (tertiary/aromatic N) is 1. The molecule has 5 nitrogen and oxygen atoms in total. The molecule has 0 fully saturated rings. The van der Waals surface area contributed by atoms with Crippen molar-refractivity contribution in [1.82, 2.24) is 10.2 Å². The molecule has 0 bridgehead atoms. The van der Waals surface area contributed by atoms with Crippen molar-refractivity contribution in [3.63, 3.8) is 0 Å². The summed E-state index contributed by atoms with van der Waals surface area (Å²) >= 11 is 0. The van der Waals surface area contributed by atoms with Gasteiger partial charge in [-0.2, -0.15) is 5.10 Å². The third kappa shape index (κ3) is 2.89. The SMILES string of the molecule is COC(=O)c1cn[nH]c1-c1ccc(C(=O)c2ccccc2)cc1. The van der Waals surface area contributed by atoms with Crippen LogP contribution in [0.5, 0.6) is 0 Å². The molecule has 0 amide bonds. The van der Waals surface area contributed by atoms with Crippen LogP contribution in [0.15, 0.2) is 60.8 Å². The molecule has 0 atom stereocenters. The van der Waals surface area contributed by atoms with Gasteiger partial charge in [-0.3, -0.25) is 9.89 Å². The summed E-state index contributed by atoms with van der Waals surface area (Å²) in [6, 6.07) is 16.1. The maximum absolute atomic E-state index is 12.4. The first-order valence-electron chi connectivity index (χ1n) is 7.02. The van der Waals surface area contributed by atoms with Gasteiger partial charge in [-0.05, 0) is 0 Å². The Morgan fingerprint density at radius 1 is 0.957 bits per heavy atom. The molecule has 5 heteroatoms. The summed E-state index contributed by atoms with van der Waals surface area (Å²) in [6.45, 7) is 0. The molecule has 0 radical (unpaired) electrons. The van der Waals surface area contributed by atoms with E-state index in [2.05, 4.69) is 10.2 Å². The van der Waals surface area contributed by atoms with Crippen molar-refractivity contribution in [1.29, 1.82) is 0 Å². The molecule has 3 rings (SSSR count). The minimum absolute atomic E-state index is 0.0463. The van der Waals surface area contributed by atoms with Crippen LogP contribution in [0.3, 0.4) is 0 Å². The molecule has 1 aromatic heterocycles. The lowest BCUT2D eigenvalue weighted by Crippen LogP contribution is -2.02. The second kappa shape index (κ2) is 6.27. The Morgan fingerprint density at radius 3 is 2.26 bits per heavy atom. The van der Waals surface area contributed by atoms with E-state index in [4.69, 9.17) is 4.74 Å². The van der Waals surface area contributed by atoms with Crippen molar-refractivity contribution < 1.29 is 14.3 Å². The number of rotatable bonds is 4. The molecule has 0 unspecified atom stereocenters. The molecule has 2 aromatic carbocycles. The summed E-state index contributed by atoms with van der Waals surface area (Å²) < 4.78 is 4.72. The predicted octanol–water partition coefficient (Wildman–Crippen LogP) is 3.09. The van der Waals surface area contributed by atoms with Crippen LogP contribution in [0.2, 0.25) is 0 Å². The Bertz CT molecular complexity index is 836. The number of hydrogen-bond acceptors (Lipinski definition) is 4. The molecular formula is C18H14N2O3. The van der Waals surface area contributed by atoms with E-state index in [1.807, 2.05) is 18.2 Å². The van der Waals surface area contributed by atoms with E-state index in [0.717, 1.165) is 5.56 Å². The minimum Gasteiger partial charge on any atom is -0.465 e. The summed E-state index contributed by atoms with van der Waals surface area (Å²) in [7, 11) is 1.32. The zero-order chi connectivity index (χ0) is 16.2. The first kappa shape index (κ1) is 14.7. The van der Waals surface area contributed by atoms with Gasteiger partial charge < -0.3 is 4.74 Å². The van der Waals surface area contributed by atoms with Gasteiger partial charge in [0, 0.05) is 16.7 Å². The molecule has 0 spiro atoms.